The van der Waals surface area contributed by atoms with E-state index in [4.69, 9.17) is 11.6 Å². The van der Waals surface area contributed by atoms with E-state index in [1.54, 1.807) is 35.0 Å². The molecule has 1 heterocycles. The van der Waals surface area contributed by atoms with Gasteiger partial charge in [-0.25, -0.2) is 17.8 Å². The minimum atomic E-state index is -3.61. The highest BCUT2D eigenvalue weighted by atomic mass is 35.5. The molecule has 0 aliphatic carbocycles. The summed E-state index contributed by atoms with van der Waals surface area (Å²) < 4.78 is 28.6. The molecule has 0 atom stereocenters. The lowest BCUT2D eigenvalue weighted by Crippen LogP contribution is -2.34. The molecule has 0 unspecified atom stereocenters. The molecule has 3 aromatic rings. The number of hydrogen-bond donors (Lipinski definition) is 2. The molecular formula is C23H25ClN4O3S. The summed E-state index contributed by atoms with van der Waals surface area (Å²) in [5.74, 6) is -0.356. The van der Waals surface area contributed by atoms with Crippen molar-refractivity contribution in [3.63, 3.8) is 0 Å². The van der Waals surface area contributed by atoms with Crippen LogP contribution in [0.25, 0.3) is 6.08 Å². The molecule has 1 amide bonds. The minimum absolute atomic E-state index is 0.0740. The van der Waals surface area contributed by atoms with Gasteiger partial charge in [0.2, 0.25) is 15.9 Å². The number of halogens is 1. The number of aromatic nitrogens is 2. The highest BCUT2D eigenvalue weighted by Gasteiger charge is 2.13. The smallest absolute Gasteiger partial charge is 0.244 e. The van der Waals surface area contributed by atoms with Crippen molar-refractivity contribution in [2.45, 2.75) is 25.3 Å². The summed E-state index contributed by atoms with van der Waals surface area (Å²) in [6, 6.07) is 16.4. The molecule has 32 heavy (non-hydrogen) atoms. The van der Waals surface area contributed by atoms with Crippen molar-refractivity contribution in [1.29, 1.82) is 0 Å². The van der Waals surface area contributed by atoms with Gasteiger partial charge in [0.15, 0.2) is 0 Å². The lowest BCUT2D eigenvalue weighted by molar-refractivity contribution is -0.116. The van der Waals surface area contributed by atoms with Crippen LogP contribution in [0.5, 0.6) is 0 Å². The lowest BCUT2D eigenvalue weighted by Gasteiger charge is -2.07. The molecule has 0 saturated heterocycles. The zero-order valence-corrected chi connectivity index (χ0v) is 19.4. The number of amides is 1. The molecule has 1 aromatic heterocycles. The maximum Gasteiger partial charge on any atom is 0.244 e. The average molecular weight is 473 g/mol. The van der Waals surface area contributed by atoms with Gasteiger partial charge in [0.1, 0.15) is 5.15 Å². The van der Waals surface area contributed by atoms with Crippen LogP contribution < -0.4 is 10.0 Å². The Labute approximate surface area is 193 Å². The van der Waals surface area contributed by atoms with Crippen molar-refractivity contribution < 1.29 is 13.2 Å². The summed E-state index contributed by atoms with van der Waals surface area (Å²) in [6.45, 7) is 4.46. The Morgan fingerprint density at radius 3 is 2.44 bits per heavy atom. The van der Waals surface area contributed by atoms with Crippen LogP contribution in [0.2, 0.25) is 5.15 Å². The van der Waals surface area contributed by atoms with Gasteiger partial charge in [-0.15, -0.1) is 0 Å². The van der Waals surface area contributed by atoms with Crippen LogP contribution in [0, 0.1) is 13.8 Å². The normalized spacial score (nSPS) is 11.7. The number of carbonyl (C=O) groups excluding carboxylic acids is 1. The number of sulfonamides is 1. The first-order valence-corrected chi connectivity index (χ1v) is 11.9. The zero-order chi connectivity index (χ0) is 23.1. The van der Waals surface area contributed by atoms with E-state index in [0.29, 0.717) is 23.0 Å². The molecule has 0 spiro atoms. The van der Waals surface area contributed by atoms with Gasteiger partial charge >= 0.3 is 0 Å². The van der Waals surface area contributed by atoms with Crippen molar-refractivity contribution in [1.82, 2.24) is 19.8 Å². The Kier molecular flexibility index (Phi) is 7.84. The molecule has 2 aromatic carbocycles. The highest BCUT2D eigenvalue weighted by Crippen LogP contribution is 2.22. The number of aryl methyl sites for hydroxylation is 2. The fourth-order valence-corrected chi connectivity index (χ4v) is 4.34. The van der Waals surface area contributed by atoms with Crippen LogP contribution in [-0.4, -0.2) is 37.2 Å². The predicted molar refractivity (Wildman–Crippen MR) is 126 cm³/mol. The van der Waals surface area contributed by atoms with Crippen molar-refractivity contribution in [2.75, 3.05) is 13.1 Å². The van der Waals surface area contributed by atoms with Gasteiger partial charge in [0.05, 0.1) is 17.1 Å². The van der Waals surface area contributed by atoms with E-state index in [2.05, 4.69) is 15.1 Å². The Morgan fingerprint density at radius 1 is 1.06 bits per heavy atom. The quantitative estimate of drug-likeness (QED) is 0.369. The Morgan fingerprint density at radius 2 is 1.75 bits per heavy atom. The van der Waals surface area contributed by atoms with E-state index >= 15 is 0 Å². The van der Waals surface area contributed by atoms with Gasteiger partial charge in [-0.2, -0.15) is 5.10 Å². The summed E-state index contributed by atoms with van der Waals surface area (Å²) in [7, 11) is -3.61. The first-order chi connectivity index (χ1) is 15.3. The van der Waals surface area contributed by atoms with Crippen LogP contribution in [-0.2, 0) is 21.4 Å². The number of benzene rings is 2. The summed E-state index contributed by atoms with van der Waals surface area (Å²) in [5, 5.41) is 7.54. The van der Waals surface area contributed by atoms with Crippen LogP contribution in [0.4, 0.5) is 0 Å². The molecule has 0 aliphatic heterocycles. The van der Waals surface area contributed by atoms with E-state index in [-0.39, 0.29) is 23.9 Å². The van der Waals surface area contributed by atoms with Gasteiger partial charge in [0, 0.05) is 24.7 Å². The first-order valence-electron chi connectivity index (χ1n) is 10.1. The van der Waals surface area contributed by atoms with Crippen molar-refractivity contribution in [3.8, 4) is 0 Å². The number of nitrogens with zero attached hydrogens (tertiary/aromatic N) is 2. The number of carbonyl (C=O) groups is 1. The first kappa shape index (κ1) is 23.7. The van der Waals surface area contributed by atoms with E-state index in [1.807, 2.05) is 44.2 Å². The van der Waals surface area contributed by atoms with Crippen molar-refractivity contribution in [2.24, 2.45) is 0 Å². The van der Waals surface area contributed by atoms with E-state index < -0.39 is 10.0 Å². The molecule has 0 radical (unpaired) electrons. The molecule has 3 rings (SSSR count). The number of hydrogen-bond acceptors (Lipinski definition) is 4. The van der Waals surface area contributed by atoms with Crippen LogP contribution in [0.15, 0.2) is 65.6 Å². The second-order valence-corrected chi connectivity index (χ2v) is 9.39. The maximum atomic E-state index is 12.2. The third-order valence-electron chi connectivity index (χ3n) is 4.73. The molecule has 7 nitrogen and oxygen atoms in total. The zero-order valence-electron chi connectivity index (χ0n) is 17.9. The summed E-state index contributed by atoms with van der Waals surface area (Å²) in [4.78, 5) is 12.3. The molecule has 0 aliphatic rings. The van der Waals surface area contributed by atoms with Crippen LogP contribution >= 0.6 is 11.6 Å². The second kappa shape index (κ2) is 10.6. The number of rotatable bonds is 9. The van der Waals surface area contributed by atoms with E-state index in [1.165, 1.54) is 6.08 Å². The maximum absolute atomic E-state index is 12.2. The molecule has 2 N–H and O–H groups in total. The summed E-state index contributed by atoms with van der Waals surface area (Å²) in [5.41, 5.74) is 3.42. The lowest BCUT2D eigenvalue weighted by atomic mass is 10.2. The van der Waals surface area contributed by atoms with Gasteiger partial charge in [-0.3, -0.25) is 4.79 Å². The topological polar surface area (TPSA) is 93.1 Å². The highest BCUT2D eigenvalue weighted by molar-refractivity contribution is 7.89. The van der Waals surface area contributed by atoms with Gasteiger partial charge in [0.25, 0.3) is 0 Å². The third-order valence-corrected chi connectivity index (χ3v) is 6.61. The molecule has 0 fully saturated rings. The molecule has 0 bridgehead atoms. The molecule has 9 heteroatoms. The summed E-state index contributed by atoms with van der Waals surface area (Å²) >= 11 is 6.45. The predicted octanol–water partition coefficient (Wildman–Crippen LogP) is 3.31. The summed E-state index contributed by atoms with van der Waals surface area (Å²) in [6.07, 6.45) is 2.97. The van der Waals surface area contributed by atoms with Crippen LogP contribution in [0.1, 0.15) is 22.4 Å². The monoisotopic (exact) mass is 472 g/mol. The third kappa shape index (κ3) is 6.29. The molecule has 0 saturated carbocycles. The van der Waals surface area contributed by atoms with Gasteiger partial charge in [-0.05, 0) is 37.6 Å². The SMILES string of the molecule is Cc1ccc(S(=O)(=O)NCCNC(=O)C=Cc2c(C)nn(Cc3ccccc3)c2Cl)cc1. The fourth-order valence-electron chi connectivity index (χ4n) is 3.01. The van der Waals surface area contributed by atoms with Gasteiger partial charge in [-0.1, -0.05) is 59.6 Å². The Hall–Kier alpha value is -2.94. The fraction of sp³-hybridized carbons (Fsp3) is 0.217. The number of nitrogens with one attached hydrogen (secondary N) is 2. The Balaban J connectivity index is 1.52. The van der Waals surface area contributed by atoms with Crippen molar-refractivity contribution >= 4 is 33.6 Å². The van der Waals surface area contributed by atoms with E-state index in [0.717, 1.165) is 11.1 Å². The Bertz CT molecular complexity index is 1200. The van der Waals surface area contributed by atoms with Crippen LogP contribution in [0.3, 0.4) is 0 Å². The largest absolute Gasteiger partial charge is 0.351 e. The molecule has 168 valence electrons. The van der Waals surface area contributed by atoms with Gasteiger partial charge < -0.3 is 5.32 Å². The van der Waals surface area contributed by atoms with E-state index in [9.17, 15) is 13.2 Å². The second-order valence-electron chi connectivity index (χ2n) is 7.27. The van der Waals surface area contributed by atoms with Crippen molar-refractivity contribution in [3.05, 3.63) is 88.2 Å². The minimum Gasteiger partial charge on any atom is -0.351 e. The average Bonchev–Trinajstić information content (AvgIpc) is 3.03. The standard InChI is InChI=1S/C23H25ClN4O3S/c1-17-8-10-20(11-9-17)32(30,31)26-15-14-25-22(29)13-12-21-18(2)27-28(23(21)24)16-19-6-4-3-5-7-19/h3-13,26H,14-16H2,1-2H3,(H,25,29). The molecular weight excluding hydrogens is 448 g/mol.